The molecule has 0 atom stereocenters. The zero-order chi connectivity index (χ0) is 13.9. The van der Waals surface area contributed by atoms with Crippen LogP contribution in [0.3, 0.4) is 0 Å². The van der Waals surface area contributed by atoms with Crippen LogP contribution in [0.15, 0.2) is 28.8 Å². The molecule has 1 aromatic heterocycles. The lowest BCUT2D eigenvalue weighted by atomic mass is 10.1. The highest BCUT2D eigenvalue weighted by molar-refractivity contribution is 5.74. The van der Waals surface area contributed by atoms with Crippen LogP contribution >= 0.6 is 0 Å². The third-order valence-corrected chi connectivity index (χ3v) is 3.63. The van der Waals surface area contributed by atoms with Gasteiger partial charge in [-0.25, -0.2) is 0 Å². The lowest BCUT2D eigenvalue weighted by molar-refractivity contribution is 0.313. The van der Waals surface area contributed by atoms with Gasteiger partial charge in [0.2, 0.25) is 11.7 Å². The van der Waals surface area contributed by atoms with Gasteiger partial charge in [0.05, 0.1) is 6.54 Å². The Morgan fingerprint density at radius 3 is 2.65 bits per heavy atom. The zero-order valence-corrected chi connectivity index (χ0v) is 11.6. The SMILES string of the molecule is CN1CCN(c2ccccc2-c2noc(CN)n2)CC1. The van der Waals surface area contributed by atoms with E-state index in [-0.39, 0.29) is 6.54 Å². The molecule has 2 N–H and O–H groups in total. The molecule has 1 saturated heterocycles. The first kappa shape index (κ1) is 13.1. The summed E-state index contributed by atoms with van der Waals surface area (Å²) in [7, 11) is 2.15. The van der Waals surface area contributed by atoms with Gasteiger partial charge >= 0.3 is 0 Å². The second kappa shape index (κ2) is 5.60. The molecule has 2 heterocycles. The van der Waals surface area contributed by atoms with E-state index in [1.165, 1.54) is 0 Å². The summed E-state index contributed by atoms with van der Waals surface area (Å²) < 4.78 is 5.11. The van der Waals surface area contributed by atoms with Crippen molar-refractivity contribution >= 4 is 5.69 Å². The van der Waals surface area contributed by atoms with E-state index in [1.54, 1.807) is 0 Å². The van der Waals surface area contributed by atoms with Crippen LogP contribution in [0.25, 0.3) is 11.4 Å². The number of aromatic nitrogens is 2. The van der Waals surface area contributed by atoms with E-state index in [4.69, 9.17) is 10.3 Å². The molecule has 0 unspecified atom stereocenters. The average molecular weight is 273 g/mol. The quantitative estimate of drug-likeness (QED) is 0.897. The summed E-state index contributed by atoms with van der Waals surface area (Å²) in [6.45, 7) is 4.41. The van der Waals surface area contributed by atoms with Crippen molar-refractivity contribution in [3.8, 4) is 11.4 Å². The normalized spacial score (nSPS) is 16.6. The van der Waals surface area contributed by atoms with Crippen LogP contribution in [-0.2, 0) is 6.54 Å². The minimum Gasteiger partial charge on any atom is -0.368 e. The Labute approximate surface area is 118 Å². The predicted molar refractivity (Wildman–Crippen MR) is 77.3 cm³/mol. The summed E-state index contributed by atoms with van der Waals surface area (Å²) in [4.78, 5) is 9.03. The van der Waals surface area contributed by atoms with Gasteiger partial charge in [0.1, 0.15) is 0 Å². The van der Waals surface area contributed by atoms with Gasteiger partial charge in [-0.1, -0.05) is 17.3 Å². The summed E-state index contributed by atoms with van der Waals surface area (Å²) in [5.74, 6) is 1.08. The van der Waals surface area contributed by atoms with E-state index < -0.39 is 0 Å². The Morgan fingerprint density at radius 1 is 1.20 bits per heavy atom. The van der Waals surface area contributed by atoms with Crippen molar-refractivity contribution in [2.24, 2.45) is 5.73 Å². The number of piperazine rings is 1. The highest BCUT2D eigenvalue weighted by atomic mass is 16.5. The molecule has 1 fully saturated rings. The molecule has 0 spiro atoms. The molecule has 20 heavy (non-hydrogen) atoms. The van der Waals surface area contributed by atoms with Crippen LogP contribution in [0.1, 0.15) is 5.89 Å². The molecule has 106 valence electrons. The maximum atomic E-state index is 5.53. The molecule has 1 aliphatic heterocycles. The molecule has 3 rings (SSSR count). The second-order valence-electron chi connectivity index (χ2n) is 5.02. The molecule has 2 aromatic rings. The minimum atomic E-state index is 0.268. The van der Waals surface area contributed by atoms with Crippen LogP contribution < -0.4 is 10.6 Å². The van der Waals surface area contributed by atoms with E-state index in [9.17, 15) is 0 Å². The van der Waals surface area contributed by atoms with Crippen LogP contribution in [-0.4, -0.2) is 48.3 Å². The smallest absolute Gasteiger partial charge is 0.240 e. The van der Waals surface area contributed by atoms with Crippen molar-refractivity contribution in [3.63, 3.8) is 0 Å². The van der Waals surface area contributed by atoms with Crippen LogP contribution in [0.5, 0.6) is 0 Å². The molecule has 0 radical (unpaired) electrons. The Kier molecular flexibility index (Phi) is 3.66. The number of nitrogens with zero attached hydrogens (tertiary/aromatic N) is 4. The van der Waals surface area contributed by atoms with Gasteiger partial charge in [0.15, 0.2) is 0 Å². The predicted octanol–water partition coefficient (Wildman–Crippen LogP) is 0.947. The van der Waals surface area contributed by atoms with E-state index in [0.717, 1.165) is 37.4 Å². The number of anilines is 1. The summed E-state index contributed by atoms with van der Waals surface area (Å²) in [6.07, 6.45) is 0. The first-order chi connectivity index (χ1) is 9.78. The van der Waals surface area contributed by atoms with Crippen molar-refractivity contribution in [1.29, 1.82) is 0 Å². The van der Waals surface area contributed by atoms with Crippen molar-refractivity contribution < 1.29 is 4.52 Å². The number of nitrogens with two attached hydrogens (primary N) is 1. The number of benzene rings is 1. The maximum absolute atomic E-state index is 5.53. The molecular weight excluding hydrogens is 254 g/mol. The van der Waals surface area contributed by atoms with Crippen molar-refractivity contribution in [1.82, 2.24) is 15.0 Å². The summed E-state index contributed by atoms with van der Waals surface area (Å²) in [5, 5.41) is 4.02. The summed E-state index contributed by atoms with van der Waals surface area (Å²) in [5.41, 5.74) is 7.68. The molecule has 1 aromatic carbocycles. The van der Waals surface area contributed by atoms with Crippen molar-refractivity contribution in [2.45, 2.75) is 6.54 Å². The van der Waals surface area contributed by atoms with Gasteiger partial charge in [0, 0.05) is 37.4 Å². The molecule has 6 heteroatoms. The number of rotatable bonds is 3. The van der Waals surface area contributed by atoms with E-state index in [0.29, 0.717) is 11.7 Å². The lowest BCUT2D eigenvalue weighted by Gasteiger charge is -2.34. The first-order valence-electron chi connectivity index (χ1n) is 6.83. The standard InChI is InChI=1S/C14H19N5O/c1-18-6-8-19(9-7-18)12-5-3-2-4-11(12)14-16-13(10-15)20-17-14/h2-5H,6-10,15H2,1H3. The van der Waals surface area contributed by atoms with Crippen LogP contribution in [0.4, 0.5) is 5.69 Å². The topological polar surface area (TPSA) is 71.4 Å². The first-order valence-corrected chi connectivity index (χ1v) is 6.83. The van der Waals surface area contributed by atoms with Gasteiger partial charge in [-0.15, -0.1) is 0 Å². The highest BCUT2D eigenvalue weighted by Gasteiger charge is 2.19. The monoisotopic (exact) mass is 273 g/mol. The average Bonchev–Trinajstić information content (AvgIpc) is 2.97. The Balaban J connectivity index is 1.91. The van der Waals surface area contributed by atoms with E-state index in [2.05, 4.69) is 33.1 Å². The largest absolute Gasteiger partial charge is 0.368 e. The van der Waals surface area contributed by atoms with E-state index in [1.807, 2.05) is 18.2 Å². The molecule has 0 aliphatic carbocycles. The summed E-state index contributed by atoms with van der Waals surface area (Å²) >= 11 is 0. The number of hydrogen-bond acceptors (Lipinski definition) is 6. The van der Waals surface area contributed by atoms with Gasteiger partial charge in [-0.05, 0) is 19.2 Å². The Hall–Kier alpha value is -1.92. The highest BCUT2D eigenvalue weighted by Crippen LogP contribution is 2.29. The molecule has 0 amide bonds. The Bertz CT molecular complexity index is 574. The van der Waals surface area contributed by atoms with Gasteiger partial charge in [0.25, 0.3) is 0 Å². The minimum absolute atomic E-state index is 0.268. The van der Waals surface area contributed by atoms with Gasteiger partial charge in [-0.2, -0.15) is 4.98 Å². The van der Waals surface area contributed by atoms with Gasteiger partial charge < -0.3 is 20.1 Å². The lowest BCUT2D eigenvalue weighted by Crippen LogP contribution is -2.44. The molecule has 6 nitrogen and oxygen atoms in total. The third-order valence-electron chi connectivity index (χ3n) is 3.63. The van der Waals surface area contributed by atoms with Crippen molar-refractivity contribution in [3.05, 3.63) is 30.2 Å². The van der Waals surface area contributed by atoms with Gasteiger partial charge in [-0.3, -0.25) is 0 Å². The van der Waals surface area contributed by atoms with E-state index >= 15 is 0 Å². The fourth-order valence-electron chi connectivity index (χ4n) is 2.43. The fourth-order valence-corrected chi connectivity index (χ4v) is 2.43. The second-order valence-corrected chi connectivity index (χ2v) is 5.02. The Morgan fingerprint density at radius 2 is 1.95 bits per heavy atom. The third kappa shape index (κ3) is 2.52. The number of likely N-dealkylation sites (N-methyl/N-ethyl adjacent to an activating group) is 1. The van der Waals surface area contributed by atoms with Crippen molar-refractivity contribution in [2.75, 3.05) is 38.1 Å². The number of para-hydroxylation sites is 1. The maximum Gasteiger partial charge on any atom is 0.240 e. The summed E-state index contributed by atoms with van der Waals surface area (Å²) in [6, 6.07) is 8.17. The number of hydrogen-bond donors (Lipinski definition) is 1. The zero-order valence-electron chi connectivity index (χ0n) is 11.6. The molecular formula is C14H19N5O. The van der Waals surface area contributed by atoms with Crippen LogP contribution in [0, 0.1) is 0 Å². The fraction of sp³-hybridized carbons (Fsp3) is 0.429. The van der Waals surface area contributed by atoms with Crippen LogP contribution in [0.2, 0.25) is 0 Å². The molecule has 1 aliphatic rings. The molecule has 0 saturated carbocycles. The molecule has 0 bridgehead atoms.